The zero-order valence-corrected chi connectivity index (χ0v) is 9.59. The van der Waals surface area contributed by atoms with Crippen molar-refractivity contribution in [2.75, 3.05) is 27.3 Å². The average molecular weight is 189 g/mol. The van der Waals surface area contributed by atoms with E-state index in [0.29, 0.717) is 6.61 Å². The molecule has 0 aliphatic carbocycles. The number of nitrogens with zero attached hydrogens (tertiary/aromatic N) is 1. The van der Waals surface area contributed by atoms with Crippen LogP contribution >= 0.6 is 0 Å². The van der Waals surface area contributed by atoms with Crippen molar-refractivity contribution in [3.05, 3.63) is 0 Å². The van der Waals surface area contributed by atoms with Gasteiger partial charge in [-0.2, -0.15) is 0 Å². The van der Waals surface area contributed by atoms with Crippen molar-refractivity contribution in [2.45, 2.75) is 33.6 Å². The normalized spacial score (nSPS) is 8.69. The molecule has 3 heteroatoms. The summed E-state index contributed by atoms with van der Waals surface area (Å²) in [7, 11) is 3.46. The summed E-state index contributed by atoms with van der Waals surface area (Å²) < 4.78 is 5.11. The van der Waals surface area contributed by atoms with Crippen molar-refractivity contribution in [3.63, 3.8) is 0 Å². The van der Waals surface area contributed by atoms with E-state index in [4.69, 9.17) is 4.74 Å². The van der Waals surface area contributed by atoms with Crippen LogP contribution in [0.5, 0.6) is 0 Å². The molecule has 0 radical (unpaired) electrons. The second kappa shape index (κ2) is 11.4. The molecule has 0 aromatic carbocycles. The van der Waals surface area contributed by atoms with E-state index in [1.807, 2.05) is 13.8 Å². The van der Waals surface area contributed by atoms with Crippen LogP contribution < -0.4 is 0 Å². The standard InChI is InChI=1S/C8H17NO2.C2H6/c1-4-5-6-11-7-8(10)9(2)3;1-2/h4-7H2,1-3H3;1-2H3. The number of carbonyl (C=O) groups excluding carboxylic acids is 1. The van der Waals surface area contributed by atoms with Crippen LogP contribution in [-0.4, -0.2) is 38.1 Å². The summed E-state index contributed by atoms with van der Waals surface area (Å²) in [5.41, 5.74) is 0. The summed E-state index contributed by atoms with van der Waals surface area (Å²) in [5, 5.41) is 0. The van der Waals surface area contributed by atoms with Gasteiger partial charge in [-0.1, -0.05) is 27.2 Å². The number of carbonyl (C=O) groups is 1. The van der Waals surface area contributed by atoms with Gasteiger partial charge in [-0.25, -0.2) is 0 Å². The van der Waals surface area contributed by atoms with Crippen LogP contribution in [0.15, 0.2) is 0 Å². The summed E-state index contributed by atoms with van der Waals surface area (Å²) in [6.45, 7) is 7.00. The maximum atomic E-state index is 10.9. The highest BCUT2D eigenvalue weighted by atomic mass is 16.5. The molecule has 13 heavy (non-hydrogen) atoms. The highest BCUT2D eigenvalue weighted by Gasteiger charge is 2.01. The molecule has 0 aromatic rings. The van der Waals surface area contributed by atoms with Gasteiger partial charge in [0.25, 0.3) is 0 Å². The maximum absolute atomic E-state index is 10.9. The molecule has 0 atom stereocenters. The van der Waals surface area contributed by atoms with Gasteiger partial charge in [0.05, 0.1) is 0 Å². The van der Waals surface area contributed by atoms with Gasteiger partial charge in [-0.15, -0.1) is 0 Å². The van der Waals surface area contributed by atoms with E-state index < -0.39 is 0 Å². The molecular formula is C10H23NO2. The fourth-order valence-corrected chi connectivity index (χ4v) is 0.535. The van der Waals surface area contributed by atoms with Crippen LogP contribution in [0, 0.1) is 0 Å². The van der Waals surface area contributed by atoms with Crippen molar-refractivity contribution >= 4 is 5.91 Å². The lowest BCUT2D eigenvalue weighted by Crippen LogP contribution is -2.26. The van der Waals surface area contributed by atoms with Crippen molar-refractivity contribution in [3.8, 4) is 0 Å². The molecule has 0 saturated heterocycles. The fraction of sp³-hybridized carbons (Fsp3) is 0.900. The number of ether oxygens (including phenoxy) is 1. The molecule has 0 bridgehead atoms. The number of amides is 1. The van der Waals surface area contributed by atoms with Gasteiger partial charge in [-0.3, -0.25) is 4.79 Å². The minimum Gasteiger partial charge on any atom is -0.372 e. The van der Waals surface area contributed by atoms with Crippen LogP contribution in [0.2, 0.25) is 0 Å². The van der Waals surface area contributed by atoms with Gasteiger partial charge in [0.2, 0.25) is 5.91 Å². The van der Waals surface area contributed by atoms with Crippen molar-refractivity contribution in [2.24, 2.45) is 0 Å². The summed E-state index contributed by atoms with van der Waals surface area (Å²) in [5.74, 6) is 0.0288. The molecule has 0 unspecified atom stereocenters. The van der Waals surface area contributed by atoms with Gasteiger partial charge in [0.1, 0.15) is 6.61 Å². The largest absolute Gasteiger partial charge is 0.372 e. The molecule has 0 fully saturated rings. The SMILES string of the molecule is CC.CCCCOCC(=O)N(C)C. The molecule has 0 spiro atoms. The van der Waals surface area contributed by atoms with Gasteiger partial charge in [0.15, 0.2) is 0 Å². The average Bonchev–Trinajstić information content (AvgIpc) is 2.15. The summed E-state index contributed by atoms with van der Waals surface area (Å²) >= 11 is 0. The highest BCUT2D eigenvalue weighted by molar-refractivity contribution is 5.76. The zero-order chi connectivity index (χ0) is 10.7. The maximum Gasteiger partial charge on any atom is 0.248 e. The molecule has 0 N–H and O–H groups in total. The topological polar surface area (TPSA) is 29.5 Å². The minimum atomic E-state index is 0.0288. The fourth-order valence-electron chi connectivity index (χ4n) is 0.535. The first-order chi connectivity index (χ1) is 6.18. The summed E-state index contributed by atoms with van der Waals surface area (Å²) in [6, 6.07) is 0. The third-order valence-electron chi connectivity index (χ3n) is 1.37. The molecule has 3 nitrogen and oxygen atoms in total. The Morgan fingerprint density at radius 1 is 1.31 bits per heavy atom. The molecule has 0 aromatic heterocycles. The van der Waals surface area contributed by atoms with E-state index in [0.717, 1.165) is 12.8 Å². The first-order valence-electron chi connectivity index (χ1n) is 4.96. The second-order valence-corrected chi connectivity index (χ2v) is 2.69. The number of hydrogen-bond acceptors (Lipinski definition) is 2. The lowest BCUT2D eigenvalue weighted by Gasteiger charge is -2.09. The van der Waals surface area contributed by atoms with Crippen molar-refractivity contribution in [1.82, 2.24) is 4.90 Å². The Hall–Kier alpha value is -0.570. The smallest absolute Gasteiger partial charge is 0.248 e. The Kier molecular flexibility index (Phi) is 13.1. The molecular weight excluding hydrogens is 166 g/mol. The third kappa shape index (κ3) is 11.4. The number of unbranched alkanes of at least 4 members (excludes halogenated alkanes) is 1. The Morgan fingerprint density at radius 2 is 1.85 bits per heavy atom. The number of rotatable bonds is 5. The molecule has 0 rings (SSSR count). The van der Waals surface area contributed by atoms with E-state index in [1.54, 1.807) is 14.1 Å². The van der Waals surface area contributed by atoms with Gasteiger partial charge < -0.3 is 9.64 Å². The Balaban J connectivity index is 0. The van der Waals surface area contributed by atoms with E-state index in [9.17, 15) is 4.79 Å². The molecule has 0 heterocycles. The minimum absolute atomic E-state index is 0.0288. The van der Waals surface area contributed by atoms with Crippen LogP contribution in [0.1, 0.15) is 33.6 Å². The Bertz CT molecular complexity index is 113. The first-order valence-corrected chi connectivity index (χ1v) is 4.96. The van der Waals surface area contributed by atoms with E-state index in [2.05, 4.69) is 6.92 Å². The lowest BCUT2D eigenvalue weighted by molar-refractivity contribution is -0.133. The quantitative estimate of drug-likeness (QED) is 0.618. The van der Waals surface area contributed by atoms with E-state index >= 15 is 0 Å². The van der Waals surface area contributed by atoms with Crippen molar-refractivity contribution < 1.29 is 9.53 Å². The van der Waals surface area contributed by atoms with Crippen LogP contribution in [-0.2, 0) is 9.53 Å². The summed E-state index contributed by atoms with van der Waals surface area (Å²) in [4.78, 5) is 12.4. The van der Waals surface area contributed by atoms with Crippen molar-refractivity contribution in [1.29, 1.82) is 0 Å². The van der Waals surface area contributed by atoms with E-state index in [1.165, 1.54) is 4.90 Å². The molecule has 0 aliphatic heterocycles. The van der Waals surface area contributed by atoms with Gasteiger partial charge >= 0.3 is 0 Å². The number of likely N-dealkylation sites (N-methyl/N-ethyl adjacent to an activating group) is 1. The molecule has 1 amide bonds. The zero-order valence-electron chi connectivity index (χ0n) is 9.59. The first kappa shape index (κ1) is 14.9. The predicted molar refractivity (Wildman–Crippen MR) is 55.8 cm³/mol. The van der Waals surface area contributed by atoms with Crippen LogP contribution in [0.4, 0.5) is 0 Å². The number of hydrogen-bond donors (Lipinski definition) is 0. The molecule has 80 valence electrons. The third-order valence-corrected chi connectivity index (χ3v) is 1.37. The highest BCUT2D eigenvalue weighted by Crippen LogP contribution is 1.88. The lowest BCUT2D eigenvalue weighted by atomic mass is 10.4. The molecule has 0 aliphatic rings. The van der Waals surface area contributed by atoms with Gasteiger partial charge in [-0.05, 0) is 6.42 Å². The molecule has 0 saturated carbocycles. The van der Waals surface area contributed by atoms with Crippen LogP contribution in [0.25, 0.3) is 0 Å². The van der Waals surface area contributed by atoms with E-state index in [-0.39, 0.29) is 12.5 Å². The second-order valence-electron chi connectivity index (χ2n) is 2.69. The predicted octanol–water partition coefficient (Wildman–Crippen LogP) is 1.92. The Morgan fingerprint density at radius 3 is 2.23 bits per heavy atom. The monoisotopic (exact) mass is 189 g/mol. The Labute approximate surface area is 82.1 Å². The van der Waals surface area contributed by atoms with Crippen LogP contribution in [0.3, 0.4) is 0 Å². The van der Waals surface area contributed by atoms with Gasteiger partial charge in [0, 0.05) is 20.7 Å². The summed E-state index contributed by atoms with van der Waals surface area (Å²) in [6.07, 6.45) is 2.14.